The molecular formula is C32H36FN5O5. The molecule has 1 aliphatic rings. The van der Waals surface area contributed by atoms with Gasteiger partial charge in [0, 0.05) is 23.7 Å². The Morgan fingerprint density at radius 3 is 2.58 bits per heavy atom. The number of amides is 2. The zero-order chi connectivity index (χ0) is 30.2. The second-order valence-electron chi connectivity index (χ2n) is 10.4. The fourth-order valence-electron chi connectivity index (χ4n) is 5.04. The van der Waals surface area contributed by atoms with Crippen molar-refractivity contribution in [1.29, 1.82) is 0 Å². The van der Waals surface area contributed by atoms with Gasteiger partial charge in [0.1, 0.15) is 5.75 Å². The highest BCUT2D eigenvalue weighted by molar-refractivity contribution is 5.88. The lowest BCUT2D eigenvalue weighted by atomic mass is 9.99. The summed E-state index contributed by atoms with van der Waals surface area (Å²) < 4.78 is 32.7. The normalized spacial score (nSPS) is 15.0. The number of rotatable bonds is 11. The molecule has 0 bridgehead atoms. The van der Waals surface area contributed by atoms with Crippen LogP contribution in [0, 0.1) is 16.9 Å². The van der Waals surface area contributed by atoms with Gasteiger partial charge in [0.15, 0.2) is 23.1 Å². The second kappa shape index (κ2) is 14.1. The van der Waals surface area contributed by atoms with Crippen molar-refractivity contribution in [2.45, 2.75) is 32.2 Å². The number of anilines is 1. The summed E-state index contributed by atoms with van der Waals surface area (Å²) in [5.41, 5.74) is 4.07. The summed E-state index contributed by atoms with van der Waals surface area (Å²) in [4.78, 5) is 17.0. The Labute approximate surface area is 249 Å². The van der Waals surface area contributed by atoms with E-state index in [4.69, 9.17) is 14.2 Å². The van der Waals surface area contributed by atoms with Crippen LogP contribution in [0.15, 0.2) is 72.9 Å². The Hall–Kier alpha value is -4.45. The first-order chi connectivity index (χ1) is 20.9. The summed E-state index contributed by atoms with van der Waals surface area (Å²) in [6, 6.07) is 17.4. The van der Waals surface area contributed by atoms with E-state index >= 15 is 4.39 Å². The number of piperidine rings is 1. The van der Waals surface area contributed by atoms with Crippen molar-refractivity contribution in [3.8, 4) is 23.0 Å². The Morgan fingerprint density at radius 1 is 1.07 bits per heavy atom. The summed E-state index contributed by atoms with van der Waals surface area (Å²) in [7, 11) is 1.56. The topological polar surface area (TPSA) is 121 Å². The predicted octanol–water partition coefficient (Wildman–Crippen LogP) is 5.12. The van der Waals surface area contributed by atoms with Crippen LogP contribution in [0.2, 0.25) is 0 Å². The third-order valence-corrected chi connectivity index (χ3v) is 7.45. The number of pyridine rings is 1. The summed E-state index contributed by atoms with van der Waals surface area (Å²) in [5.74, 6) is 1.17. The van der Waals surface area contributed by atoms with E-state index in [1.807, 2.05) is 37.3 Å². The first kappa shape index (κ1) is 30.0. The molecule has 1 aromatic heterocycles. The number of methoxy groups -OCH3 is 1. The number of urea groups is 1. The largest absolute Gasteiger partial charge is 0.599 e. The van der Waals surface area contributed by atoms with Crippen molar-refractivity contribution < 1.29 is 28.6 Å². The molecule has 0 spiro atoms. The fourth-order valence-corrected chi connectivity index (χ4v) is 5.04. The van der Waals surface area contributed by atoms with E-state index in [0.717, 1.165) is 37.6 Å². The molecule has 5 rings (SSSR count). The van der Waals surface area contributed by atoms with Gasteiger partial charge in [-0.2, -0.15) is 5.17 Å². The third kappa shape index (κ3) is 7.50. The maximum atomic E-state index is 15.1. The lowest BCUT2D eigenvalue weighted by Crippen LogP contribution is -3.14. The predicted molar refractivity (Wildman–Crippen MR) is 162 cm³/mol. The van der Waals surface area contributed by atoms with Gasteiger partial charge in [-0.15, -0.1) is 0 Å². The van der Waals surface area contributed by atoms with E-state index in [0.29, 0.717) is 47.1 Å². The van der Waals surface area contributed by atoms with E-state index in [1.165, 1.54) is 12.1 Å². The van der Waals surface area contributed by atoms with Crippen LogP contribution >= 0.6 is 0 Å². The highest BCUT2D eigenvalue weighted by atomic mass is 19.1. The van der Waals surface area contributed by atoms with Crippen molar-refractivity contribution in [2.75, 3.05) is 32.2 Å². The van der Waals surface area contributed by atoms with Gasteiger partial charge in [0.25, 0.3) is 0 Å². The number of nitrogens with zero attached hydrogens (tertiary/aromatic N) is 1. The van der Waals surface area contributed by atoms with E-state index in [9.17, 15) is 10.0 Å². The van der Waals surface area contributed by atoms with Crippen molar-refractivity contribution in [3.63, 3.8) is 0 Å². The Bertz CT molecular complexity index is 1530. The third-order valence-electron chi connectivity index (χ3n) is 7.45. The van der Waals surface area contributed by atoms with Crippen molar-refractivity contribution in [2.24, 2.45) is 5.92 Å². The molecule has 1 unspecified atom stereocenters. The summed E-state index contributed by atoms with van der Waals surface area (Å²) in [5, 5.41) is 18.3. The van der Waals surface area contributed by atoms with Crippen LogP contribution in [0.5, 0.6) is 23.0 Å². The van der Waals surface area contributed by atoms with Gasteiger partial charge in [0.2, 0.25) is 0 Å². The molecule has 2 atom stereocenters. The smallest absolute Gasteiger partial charge is 0.440 e. The molecule has 4 N–H and O–H groups in total. The van der Waals surface area contributed by atoms with Crippen molar-refractivity contribution >= 4 is 22.6 Å². The molecular weight excluding hydrogens is 553 g/mol. The highest BCUT2D eigenvalue weighted by Gasteiger charge is 2.20. The van der Waals surface area contributed by atoms with Gasteiger partial charge < -0.3 is 24.7 Å². The van der Waals surface area contributed by atoms with Crippen LogP contribution < -0.4 is 35.4 Å². The van der Waals surface area contributed by atoms with E-state index in [2.05, 4.69) is 21.0 Å². The van der Waals surface area contributed by atoms with E-state index in [1.54, 1.807) is 31.5 Å². The molecule has 1 fully saturated rings. The van der Waals surface area contributed by atoms with Crippen LogP contribution in [0.25, 0.3) is 10.9 Å². The SMILES string of the molecule is CC[C@@H](NC(=O)[NH+]([O-])Nc1ccc(Oc2ccnc3cc(OCC4CCNCC4)c(OC)cc23)c(F)c1)c1ccccc1. The molecule has 2 amide bonds. The van der Waals surface area contributed by atoms with Crippen molar-refractivity contribution in [3.05, 3.63) is 89.5 Å². The molecule has 3 aromatic carbocycles. The standard InChI is InChI=1S/C32H36FN5O5/c1-3-26(22-7-5-4-6-8-22)36-32(39)38(40)37-23-9-10-29(25(33)17-23)43-28-13-16-35-27-19-31(30(41-2)18-24(27)28)42-20-21-11-14-34-15-12-21/h4-10,13,16-19,21,26,34,37-38H,3,11-12,14-15,20H2,1-2H3,(H,36,39)/t26-/m1/s1. The van der Waals surface area contributed by atoms with Gasteiger partial charge in [-0.25, -0.2) is 14.6 Å². The monoisotopic (exact) mass is 589 g/mol. The molecule has 1 saturated heterocycles. The molecule has 0 radical (unpaired) electrons. The summed E-state index contributed by atoms with van der Waals surface area (Å²) in [6.07, 6.45) is 4.29. The molecule has 0 saturated carbocycles. The first-order valence-corrected chi connectivity index (χ1v) is 14.4. The number of benzene rings is 3. The average Bonchev–Trinajstić information content (AvgIpc) is 3.04. The van der Waals surface area contributed by atoms with Gasteiger partial charge >= 0.3 is 6.03 Å². The maximum absolute atomic E-state index is 15.1. The lowest BCUT2D eigenvalue weighted by Gasteiger charge is -2.24. The van der Waals surface area contributed by atoms with Gasteiger partial charge in [0.05, 0.1) is 31.0 Å². The minimum Gasteiger partial charge on any atom is -0.599 e. The average molecular weight is 590 g/mol. The second-order valence-corrected chi connectivity index (χ2v) is 10.4. The zero-order valence-corrected chi connectivity index (χ0v) is 24.2. The molecule has 2 heterocycles. The number of hydrogen-bond donors (Lipinski definition) is 4. The number of aromatic nitrogens is 1. The minimum atomic E-state index is -0.896. The number of quaternary nitrogens is 1. The van der Waals surface area contributed by atoms with Gasteiger partial charge in [-0.3, -0.25) is 10.3 Å². The number of hydrogen-bond acceptors (Lipinski definition) is 8. The molecule has 0 aliphatic carbocycles. The van der Waals surface area contributed by atoms with Gasteiger partial charge in [-0.1, -0.05) is 37.3 Å². The summed E-state index contributed by atoms with van der Waals surface area (Å²) >= 11 is 0. The number of carbonyl (C=O) groups excluding carboxylic acids is 1. The van der Waals surface area contributed by atoms with Crippen LogP contribution in [0.1, 0.15) is 37.8 Å². The lowest BCUT2D eigenvalue weighted by molar-refractivity contribution is -0.732. The Balaban J connectivity index is 1.26. The molecule has 1 aliphatic heterocycles. The number of nitrogens with one attached hydrogen (secondary N) is 4. The first-order valence-electron chi connectivity index (χ1n) is 14.4. The van der Waals surface area contributed by atoms with Gasteiger partial charge in [-0.05, 0) is 68.1 Å². The number of fused-ring (bicyclic) bond motifs is 1. The molecule has 4 aromatic rings. The molecule has 43 heavy (non-hydrogen) atoms. The maximum Gasteiger partial charge on any atom is 0.440 e. The summed E-state index contributed by atoms with van der Waals surface area (Å²) in [6.45, 7) is 4.47. The zero-order valence-electron chi connectivity index (χ0n) is 24.2. The minimum absolute atomic E-state index is 0.0599. The Morgan fingerprint density at radius 2 is 1.86 bits per heavy atom. The van der Waals surface area contributed by atoms with Crippen LogP contribution in [0.3, 0.4) is 0 Å². The number of halogens is 1. The van der Waals surface area contributed by atoms with Crippen LogP contribution in [0.4, 0.5) is 14.9 Å². The number of hydroxylamine groups is 1. The van der Waals surface area contributed by atoms with E-state index in [-0.39, 0.29) is 17.5 Å². The number of carbonyl (C=O) groups is 1. The fraction of sp³-hybridized carbons (Fsp3) is 0.312. The van der Waals surface area contributed by atoms with Crippen molar-refractivity contribution in [1.82, 2.24) is 15.6 Å². The highest BCUT2D eigenvalue weighted by Crippen LogP contribution is 2.38. The number of ether oxygens (including phenoxy) is 3. The van der Waals surface area contributed by atoms with Crippen LogP contribution in [-0.2, 0) is 0 Å². The van der Waals surface area contributed by atoms with E-state index < -0.39 is 17.0 Å². The molecule has 10 nitrogen and oxygen atoms in total. The van der Waals surface area contributed by atoms with Crippen LogP contribution in [-0.4, -0.2) is 37.8 Å². The molecule has 11 heteroatoms. The Kier molecular flexibility index (Phi) is 9.88. The molecule has 226 valence electrons. The quantitative estimate of drug-likeness (QED) is 0.178.